The minimum atomic E-state index is 0.562. The highest BCUT2D eigenvalue weighted by Gasteiger charge is 2.04. The van der Waals surface area contributed by atoms with Crippen LogP contribution >= 0.6 is 0 Å². The van der Waals surface area contributed by atoms with Gasteiger partial charge in [0.05, 0.1) is 6.61 Å². The van der Waals surface area contributed by atoms with Crippen molar-refractivity contribution in [3.05, 3.63) is 12.3 Å². The summed E-state index contributed by atoms with van der Waals surface area (Å²) in [7, 11) is 1.71. The van der Waals surface area contributed by atoms with Crippen molar-refractivity contribution in [3.8, 4) is 0 Å². The Labute approximate surface area is 73.5 Å². The molecule has 1 aliphatic rings. The Kier molecular flexibility index (Phi) is 4.64. The van der Waals surface area contributed by atoms with Crippen LogP contribution < -0.4 is 5.32 Å². The van der Waals surface area contributed by atoms with Gasteiger partial charge in [-0.25, -0.2) is 0 Å². The van der Waals surface area contributed by atoms with E-state index >= 15 is 0 Å². The molecule has 0 saturated carbocycles. The third-order valence-corrected chi connectivity index (χ3v) is 1.82. The predicted octanol–water partition coefficient (Wildman–Crippen LogP) is 0.827. The van der Waals surface area contributed by atoms with E-state index < -0.39 is 0 Å². The molecular formula is C9H16N2O. The van der Waals surface area contributed by atoms with Gasteiger partial charge in [0.15, 0.2) is 0 Å². The SMILES string of the molecule is COCCNCC1C=NC=CC1. The van der Waals surface area contributed by atoms with Gasteiger partial charge in [0, 0.05) is 38.5 Å². The van der Waals surface area contributed by atoms with E-state index in [1.165, 1.54) is 0 Å². The molecular weight excluding hydrogens is 152 g/mol. The summed E-state index contributed by atoms with van der Waals surface area (Å²) in [6.45, 7) is 2.70. The minimum absolute atomic E-state index is 0.562. The second-order valence-corrected chi connectivity index (χ2v) is 2.88. The highest BCUT2D eigenvalue weighted by molar-refractivity contribution is 5.63. The lowest BCUT2D eigenvalue weighted by atomic mass is 10.1. The lowest BCUT2D eigenvalue weighted by molar-refractivity contribution is 0.199. The number of methoxy groups -OCH3 is 1. The zero-order chi connectivity index (χ0) is 8.65. The highest BCUT2D eigenvalue weighted by atomic mass is 16.5. The summed E-state index contributed by atoms with van der Waals surface area (Å²) in [5, 5.41) is 3.31. The zero-order valence-corrected chi connectivity index (χ0v) is 7.49. The molecule has 1 unspecified atom stereocenters. The van der Waals surface area contributed by atoms with Crippen LogP contribution in [0.3, 0.4) is 0 Å². The Morgan fingerprint density at radius 1 is 1.67 bits per heavy atom. The van der Waals surface area contributed by atoms with Gasteiger partial charge in [0.25, 0.3) is 0 Å². The van der Waals surface area contributed by atoms with Gasteiger partial charge in [-0.3, -0.25) is 4.99 Å². The molecule has 1 atom stereocenters. The van der Waals surface area contributed by atoms with Crippen molar-refractivity contribution in [1.29, 1.82) is 0 Å². The second-order valence-electron chi connectivity index (χ2n) is 2.88. The maximum atomic E-state index is 4.92. The van der Waals surface area contributed by atoms with Crippen molar-refractivity contribution in [2.75, 3.05) is 26.8 Å². The van der Waals surface area contributed by atoms with E-state index in [1.54, 1.807) is 7.11 Å². The molecule has 0 aromatic rings. The van der Waals surface area contributed by atoms with Gasteiger partial charge >= 0.3 is 0 Å². The molecule has 1 rings (SSSR count). The standard InChI is InChI=1S/C9H16N2O/c1-12-6-5-11-8-9-3-2-4-10-7-9/h2,4,7,9,11H,3,5-6,8H2,1H3. The van der Waals surface area contributed by atoms with Crippen molar-refractivity contribution in [2.45, 2.75) is 6.42 Å². The quantitative estimate of drug-likeness (QED) is 0.617. The first-order valence-corrected chi connectivity index (χ1v) is 4.31. The van der Waals surface area contributed by atoms with E-state index in [4.69, 9.17) is 4.74 Å². The Morgan fingerprint density at radius 2 is 2.58 bits per heavy atom. The molecule has 1 N–H and O–H groups in total. The molecule has 0 aromatic carbocycles. The van der Waals surface area contributed by atoms with Crippen LogP contribution in [0.2, 0.25) is 0 Å². The highest BCUT2D eigenvalue weighted by Crippen LogP contribution is 2.04. The summed E-state index contributed by atoms with van der Waals surface area (Å²) in [5.41, 5.74) is 0. The van der Waals surface area contributed by atoms with E-state index in [0.717, 1.165) is 26.1 Å². The molecule has 0 aromatic heterocycles. The van der Waals surface area contributed by atoms with Crippen molar-refractivity contribution >= 4 is 6.21 Å². The van der Waals surface area contributed by atoms with Crippen molar-refractivity contribution in [2.24, 2.45) is 10.9 Å². The zero-order valence-electron chi connectivity index (χ0n) is 7.49. The molecule has 1 aliphatic heterocycles. The smallest absolute Gasteiger partial charge is 0.0587 e. The number of hydrogen-bond acceptors (Lipinski definition) is 3. The fourth-order valence-corrected chi connectivity index (χ4v) is 1.13. The second kappa shape index (κ2) is 5.91. The third kappa shape index (κ3) is 3.64. The molecule has 3 nitrogen and oxygen atoms in total. The van der Waals surface area contributed by atoms with Crippen molar-refractivity contribution in [3.63, 3.8) is 0 Å². The Balaban J connectivity index is 2.00. The van der Waals surface area contributed by atoms with Gasteiger partial charge in [-0.2, -0.15) is 0 Å². The molecule has 68 valence electrons. The fourth-order valence-electron chi connectivity index (χ4n) is 1.13. The molecule has 3 heteroatoms. The summed E-state index contributed by atoms with van der Waals surface area (Å²) < 4.78 is 4.92. The summed E-state index contributed by atoms with van der Waals surface area (Å²) in [6.07, 6.45) is 7.05. The van der Waals surface area contributed by atoms with Gasteiger partial charge in [-0.1, -0.05) is 6.08 Å². The first kappa shape index (κ1) is 9.42. The van der Waals surface area contributed by atoms with Gasteiger partial charge < -0.3 is 10.1 Å². The average molecular weight is 168 g/mol. The van der Waals surface area contributed by atoms with Gasteiger partial charge in [0.1, 0.15) is 0 Å². The molecule has 0 saturated heterocycles. The average Bonchev–Trinajstić information content (AvgIpc) is 2.14. The van der Waals surface area contributed by atoms with Crippen LogP contribution in [0.5, 0.6) is 0 Å². The Bertz CT molecular complexity index is 166. The molecule has 1 heterocycles. The van der Waals surface area contributed by atoms with Crippen LogP contribution in [0.15, 0.2) is 17.3 Å². The van der Waals surface area contributed by atoms with Crippen LogP contribution in [-0.4, -0.2) is 33.0 Å². The first-order valence-electron chi connectivity index (χ1n) is 4.31. The monoisotopic (exact) mass is 168 g/mol. The van der Waals surface area contributed by atoms with Crippen LogP contribution in [0.1, 0.15) is 6.42 Å². The molecule has 0 aliphatic carbocycles. The topological polar surface area (TPSA) is 33.6 Å². The number of nitrogens with one attached hydrogen (secondary N) is 1. The molecule has 0 fully saturated rings. The molecule has 0 amide bonds. The Morgan fingerprint density at radius 3 is 3.25 bits per heavy atom. The van der Waals surface area contributed by atoms with E-state index in [-0.39, 0.29) is 0 Å². The maximum Gasteiger partial charge on any atom is 0.0587 e. The first-order chi connectivity index (χ1) is 5.93. The molecule has 0 radical (unpaired) electrons. The van der Waals surface area contributed by atoms with E-state index in [1.807, 2.05) is 12.4 Å². The third-order valence-electron chi connectivity index (χ3n) is 1.82. The minimum Gasteiger partial charge on any atom is -0.383 e. The Hall–Kier alpha value is -0.670. The fraction of sp³-hybridized carbons (Fsp3) is 0.667. The lowest BCUT2D eigenvalue weighted by Gasteiger charge is -2.12. The lowest BCUT2D eigenvalue weighted by Crippen LogP contribution is -2.27. The summed E-state index contributed by atoms with van der Waals surface area (Å²) in [5.74, 6) is 0.562. The number of hydrogen-bond donors (Lipinski definition) is 1. The van der Waals surface area contributed by atoms with Crippen LogP contribution in [-0.2, 0) is 4.74 Å². The number of nitrogens with zero attached hydrogens (tertiary/aromatic N) is 1. The maximum absolute atomic E-state index is 4.92. The predicted molar refractivity (Wildman–Crippen MR) is 50.5 cm³/mol. The van der Waals surface area contributed by atoms with Crippen molar-refractivity contribution in [1.82, 2.24) is 5.32 Å². The normalized spacial score (nSPS) is 21.6. The van der Waals surface area contributed by atoms with E-state index in [2.05, 4.69) is 16.4 Å². The van der Waals surface area contributed by atoms with Crippen LogP contribution in [0.25, 0.3) is 0 Å². The van der Waals surface area contributed by atoms with Crippen LogP contribution in [0.4, 0.5) is 0 Å². The number of aliphatic imine (C=N–C) groups is 1. The number of ether oxygens (including phenoxy) is 1. The van der Waals surface area contributed by atoms with E-state index in [9.17, 15) is 0 Å². The van der Waals surface area contributed by atoms with Gasteiger partial charge in [-0.15, -0.1) is 0 Å². The van der Waals surface area contributed by atoms with Crippen molar-refractivity contribution < 1.29 is 4.74 Å². The molecule has 0 spiro atoms. The van der Waals surface area contributed by atoms with E-state index in [0.29, 0.717) is 5.92 Å². The summed E-state index contributed by atoms with van der Waals surface area (Å²) in [4.78, 5) is 4.08. The molecule has 12 heavy (non-hydrogen) atoms. The number of rotatable bonds is 5. The summed E-state index contributed by atoms with van der Waals surface area (Å²) in [6, 6.07) is 0. The number of allylic oxidation sites excluding steroid dienone is 1. The largest absolute Gasteiger partial charge is 0.383 e. The van der Waals surface area contributed by atoms with Gasteiger partial charge in [-0.05, 0) is 6.42 Å². The summed E-state index contributed by atoms with van der Waals surface area (Å²) >= 11 is 0. The molecule has 0 bridgehead atoms. The van der Waals surface area contributed by atoms with Gasteiger partial charge in [0.2, 0.25) is 0 Å². The van der Waals surface area contributed by atoms with Crippen LogP contribution in [0, 0.1) is 5.92 Å².